The number of hydrogen-bond acceptors (Lipinski definition) is 3. The Kier molecular flexibility index (Phi) is 3.28. The third kappa shape index (κ3) is 3.13. The van der Waals surface area contributed by atoms with Gasteiger partial charge in [0, 0.05) is 6.54 Å². The maximum absolute atomic E-state index is 10.3. The van der Waals surface area contributed by atoms with Crippen LogP contribution in [0.4, 0.5) is 4.79 Å². The van der Waals surface area contributed by atoms with E-state index in [1.165, 1.54) is 0 Å². The van der Waals surface area contributed by atoms with Crippen molar-refractivity contribution in [3.63, 3.8) is 0 Å². The molecule has 0 saturated carbocycles. The van der Waals surface area contributed by atoms with E-state index >= 15 is 0 Å². The third-order valence-electron chi connectivity index (χ3n) is 1.61. The quantitative estimate of drug-likeness (QED) is 0.720. The number of primary amides is 1. The third-order valence-corrected chi connectivity index (χ3v) is 1.61. The lowest BCUT2D eigenvalue weighted by Gasteiger charge is -2.03. The van der Waals surface area contributed by atoms with Gasteiger partial charge < -0.3 is 16.2 Å². The molecule has 1 rings (SSSR count). The molecule has 1 aromatic rings. The topological polar surface area (TPSA) is 78.3 Å². The lowest BCUT2D eigenvalue weighted by atomic mass is 10.1. The van der Waals surface area contributed by atoms with Gasteiger partial charge in [0.2, 0.25) is 0 Å². The Morgan fingerprint density at radius 2 is 2.08 bits per heavy atom. The molecule has 4 nitrogen and oxygen atoms in total. The highest BCUT2D eigenvalue weighted by Gasteiger charge is 1.97. The summed E-state index contributed by atoms with van der Waals surface area (Å²) < 4.78 is 4.63. The highest BCUT2D eigenvalue weighted by atomic mass is 16.5. The van der Waals surface area contributed by atoms with E-state index < -0.39 is 6.09 Å². The Hall–Kier alpha value is -1.55. The number of hydrogen-bond donors (Lipinski definition) is 2. The van der Waals surface area contributed by atoms with E-state index in [-0.39, 0.29) is 6.61 Å². The summed E-state index contributed by atoms with van der Waals surface area (Å²) in [6.45, 7) is 0.674. The SMILES string of the molecule is NCc1cccc(COC(N)=O)c1. The minimum Gasteiger partial charge on any atom is -0.445 e. The zero-order chi connectivity index (χ0) is 9.68. The van der Waals surface area contributed by atoms with Gasteiger partial charge in [0.25, 0.3) is 0 Å². The summed E-state index contributed by atoms with van der Waals surface area (Å²) in [7, 11) is 0. The molecule has 70 valence electrons. The zero-order valence-electron chi connectivity index (χ0n) is 7.19. The predicted molar refractivity (Wildman–Crippen MR) is 48.7 cm³/mol. The first-order valence-corrected chi connectivity index (χ1v) is 3.92. The minimum absolute atomic E-state index is 0.198. The van der Waals surface area contributed by atoms with Gasteiger partial charge in [0.15, 0.2) is 0 Å². The fraction of sp³-hybridized carbons (Fsp3) is 0.222. The van der Waals surface area contributed by atoms with Crippen LogP contribution in [0.3, 0.4) is 0 Å². The van der Waals surface area contributed by atoms with Gasteiger partial charge >= 0.3 is 6.09 Å². The standard InChI is InChI=1S/C9H12N2O2/c10-5-7-2-1-3-8(4-7)6-13-9(11)12/h1-4H,5-6,10H2,(H2,11,12). The van der Waals surface area contributed by atoms with Crippen molar-refractivity contribution in [1.82, 2.24) is 0 Å². The molecule has 1 amide bonds. The van der Waals surface area contributed by atoms with Gasteiger partial charge in [0.1, 0.15) is 6.61 Å². The fourth-order valence-electron chi connectivity index (χ4n) is 1.00. The monoisotopic (exact) mass is 180 g/mol. The van der Waals surface area contributed by atoms with Crippen LogP contribution < -0.4 is 11.5 Å². The maximum Gasteiger partial charge on any atom is 0.404 e. The lowest BCUT2D eigenvalue weighted by Crippen LogP contribution is -2.12. The van der Waals surface area contributed by atoms with E-state index in [0.29, 0.717) is 6.54 Å². The molecule has 0 atom stereocenters. The van der Waals surface area contributed by atoms with Crippen LogP contribution in [-0.2, 0) is 17.9 Å². The average molecular weight is 180 g/mol. The molecule has 0 bridgehead atoms. The Bertz CT molecular complexity index is 299. The van der Waals surface area contributed by atoms with Crippen LogP contribution >= 0.6 is 0 Å². The Morgan fingerprint density at radius 3 is 2.69 bits per heavy atom. The molecule has 4 heteroatoms. The first kappa shape index (κ1) is 9.54. The molecular formula is C9H12N2O2. The van der Waals surface area contributed by atoms with Crippen LogP contribution in [0.15, 0.2) is 24.3 Å². The normalized spacial score (nSPS) is 9.62. The molecule has 0 heterocycles. The molecule has 0 aromatic heterocycles. The molecule has 0 spiro atoms. The molecule has 0 aliphatic heterocycles. The summed E-state index contributed by atoms with van der Waals surface area (Å²) in [5.41, 5.74) is 12.2. The molecule has 1 aromatic carbocycles. The lowest BCUT2D eigenvalue weighted by molar-refractivity contribution is 0.150. The minimum atomic E-state index is -0.766. The molecule has 4 N–H and O–H groups in total. The molecule has 0 radical (unpaired) electrons. The highest BCUT2D eigenvalue weighted by molar-refractivity contribution is 5.64. The number of nitrogens with two attached hydrogens (primary N) is 2. The fourth-order valence-corrected chi connectivity index (χ4v) is 1.00. The van der Waals surface area contributed by atoms with E-state index in [2.05, 4.69) is 4.74 Å². The van der Waals surface area contributed by atoms with Crippen molar-refractivity contribution in [1.29, 1.82) is 0 Å². The second-order valence-electron chi connectivity index (χ2n) is 2.63. The zero-order valence-corrected chi connectivity index (χ0v) is 7.19. The van der Waals surface area contributed by atoms with Gasteiger partial charge in [0.05, 0.1) is 0 Å². The van der Waals surface area contributed by atoms with Gasteiger partial charge in [-0.15, -0.1) is 0 Å². The van der Waals surface area contributed by atoms with Gasteiger partial charge in [-0.1, -0.05) is 24.3 Å². The number of ether oxygens (including phenoxy) is 1. The van der Waals surface area contributed by atoms with E-state index in [1.807, 2.05) is 24.3 Å². The number of carbonyl (C=O) groups excluding carboxylic acids is 1. The van der Waals surface area contributed by atoms with Gasteiger partial charge in [-0.2, -0.15) is 0 Å². The summed E-state index contributed by atoms with van der Waals surface area (Å²) in [5, 5.41) is 0. The maximum atomic E-state index is 10.3. The predicted octanol–water partition coefficient (Wildman–Crippen LogP) is 0.741. The molecule has 0 aliphatic rings. The van der Waals surface area contributed by atoms with Crippen LogP contribution in [-0.4, -0.2) is 6.09 Å². The van der Waals surface area contributed by atoms with E-state index in [4.69, 9.17) is 11.5 Å². The molecule has 13 heavy (non-hydrogen) atoms. The molecular weight excluding hydrogens is 168 g/mol. The first-order valence-electron chi connectivity index (χ1n) is 3.92. The van der Waals surface area contributed by atoms with Gasteiger partial charge in [-0.3, -0.25) is 0 Å². The van der Waals surface area contributed by atoms with Crippen LogP contribution in [0.2, 0.25) is 0 Å². The van der Waals surface area contributed by atoms with Crippen LogP contribution in [0, 0.1) is 0 Å². The Morgan fingerprint density at radius 1 is 1.38 bits per heavy atom. The smallest absolute Gasteiger partial charge is 0.404 e. The molecule has 0 aliphatic carbocycles. The van der Waals surface area contributed by atoms with Gasteiger partial charge in [-0.05, 0) is 11.1 Å². The van der Waals surface area contributed by atoms with Crippen LogP contribution in [0.1, 0.15) is 11.1 Å². The largest absolute Gasteiger partial charge is 0.445 e. The molecule has 0 saturated heterocycles. The van der Waals surface area contributed by atoms with Crippen molar-refractivity contribution in [2.24, 2.45) is 11.5 Å². The van der Waals surface area contributed by atoms with Crippen LogP contribution in [0.5, 0.6) is 0 Å². The first-order chi connectivity index (χ1) is 6.22. The van der Waals surface area contributed by atoms with Crippen molar-refractivity contribution in [2.75, 3.05) is 0 Å². The highest BCUT2D eigenvalue weighted by Crippen LogP contribution is 2.05. The summed E-state index contributed by atoms with van der Waals surface area (Å²) in [6.07, 6.45) is -0.766. The van der Waals surface area contributed by atoms with Crippen molar-refractivity contribution in [2.45, 2.75) is 13.2 Å². The second kappa shape index (κ2) is 4.47. The summed E-state index contributed by atoms with van der Waals surface area (Å²) >= 11 is 0. The van der Waals surface area contributed by atoms with Crippen molar-refractivity contribution in [3.8, 4) is 0 Å². The summed E-state index contributed by atoms with van der Waals surface area (Å²) in [5.74, 6) is 0. The van der Waals surface area contributed by atoms with E-state index in [0.717, 1.165) is 11.1 Å². The molecule has 0 unspecified atom stereocenters. The summed E-state index contributed by atoms with van der Waals surface area (Å²) in [6, 6.07) is 7.50. The number of carbonyl (C=O) groups is 1. The second-order valence-corrected chi connectivity index (χ2v) is 2.63. The van der Waals surface area contributed by atoms with E-state index in [1.54, 1.807) is 0 Å². The summed E-state index contributed by atoms with van der Waals surface area (Å²) in [4.78, 5) is 10.3. The van der Waals surface area contributed by atoms with Crippen molar-refractivity contribution in [3.05, 3.63) is 35.4 Å². The van der Waals surface area contributed by atoms with Crippen molar-refractivity contribution >= 4 is 6.09 Å². The van der Waals surface area contributed by atoms with Gasteiger partial charge in [-0.25, -0.2) is 4.79 Å². The average Bonchev–Trinajstić information content (AvgIpc) is 2.15. The number of amides is 1. The Labute approximate surface area is 76.5 Å². The Balaban J connectivity index is 2.61. The van der Waals surface area contributed by atoms with Crippen molar-refractivity contribution < 1.29 is 9.53 Å². The van der Waals surface area contributed by atoms with Crippen LogP contribution in [0.25, 0.3) is 0 Å². The molecule has 0 fully saturated rings. The number of rotatable bonds is 3. The number of benzene rings is 1. The van der Waals surface area contributed by atoms with E-state index in [9.17, 15) is 4.79 Å².